The minimum Gasteiger partial charge on any atom is -0.481 e. The number of amides is 1. The molecule has 1 aromatic rings. The summed E-state index contributed by atoms with van der Waals surface area (Å²) in [6, 6.07) is 4.35. The van der Waals surface area contributed by atoms with Crippen LogP contribution in [0.15, 0.2) is 18.2 Å². The number of nitro groups is 1. The number of carbonyl (C=O) groups is 2. The molecule has 0 radical (unpaired) electrons. The van der Waals surface area contributed by atoms with E-state index in [9.17, 15) is 24.8 Å². The number of hydrogen-bond donors (Lipinski definition) is 2. The van der Waals surface area contributed by atoms with Crippen LogP contribution in [0.1, 0.15) is 24.8 Å². The van der Waals surface area contributed by atoms with Gasteiger partial charge in [0.2, 0.25) is 5.91 Å². The van der Waals surface area contributed by atoms with Gasteiger partial charge in [-0.1, -0.05) is 6.07 Å². The van der Waals surface area contributed by atoms with Crippen LogP contribution in [-0.4, -0.2) is 65.6 Å². The van der Waals surface area contributed by atoms with Crippen molar-refractivity contribution in [2.45, 2.75) is 32.2 Å². The number of nitrogens with one attached hydrogen (secondary N) is 1. The lowest BCUT2D eigenvalue weighted by molar-refractivity contribution is -0.385. The van der Waals surface area contributed by atoms with Crippen LogP contribution in [0.2, 0.25) is 0 Å². The molecule has 3 aliphatic rings. The standard InChI is InChI=1S/C20H26N4O5/c1-13-15(3-2-4-16(13)24(28)29)22-7-9-23(10-8-22)18(25)17-14(19(26)27)11-20(5-6-20)12-21-17/h2-4,14,17,21H,5-12H2,1H3,(H,26,27). The van der Waals surface area contributed by atoms with E-state index < -0.39 is 17.9 Å². The Hall–Kier alpha value is -2.68. The van der Waals surface area contributed by atoms with Crippen LogP contribution >= 0.6 is 0 Å². The van der Waals surface area contributed by atoms with Gasteiger partial charge in [-0.25, -0.2) is 0 Å². The first-order chi connectivity index (χ1) is 13.8. The number of benzene rings is 1. The van der Waals surface area contributed by atoms with E-state index in [0.29, 0.717) is 44.7 Å². The fraction of sp³-hybridized carbons (Fsp3) is 0.600. The summed E-state index contributed by atoms with van der Waals surface area (Å²) < 4.78 is 0. The van der Waals surface area contributed by atoms with E-state index in [2.05, 4.69) is 5.32 Å². The third kappa shape index (κ3) is 3.66. The molecular formula is C20H26N4O5. The van der Waals surface area contributed by atoms with E-state index in [0.717, 1.165) is 18.5 Å². The Morgan fingerprint density at radius 2 is 1.93 bits per heavy atom. The molecule has 9 heteroatoms. The molecule has 0 bridgehead atoms. The van der Waals surface area contributed by atoms with Gasteiger partial charge in [-0.05, 0) is 37.7 Å². The maximum absolute atomic E-state index is 13.0. The van der Waals surface area contributed by atoms with Crippen molar-refractivity contribution in [3.05, 3.63) is 33.9 Å². The summed E-state index contributed by atoms with van der Waals surface area (Å²) in [7, 11) is 0. The smallest absolute Gasteiger partial charge is 0.308 e. The molecule has 2 aliphatic heterocycles. The van der Waals surface area contributed by atoms with Gasteiger partial charge in [0.05, 0.1) is 16.4 Å². The number of carbonyl (C=O) groups excluding carboxylic acids is 1. The number of rotatable bonds is 4. The van der Waals surface area contributed by atoms with Crippen LogP contribution in [0.25, 0.3) is 0 Å². The highest BCUT2D eigenvalue weighted by atomic mass is 16.6. The van der Waals surface area contributed by atoms with Crippen LogP contribution in [0.5, 0.6) is 0 Å². The number of nitrogens with zero attached hydrogens (tertiary/aromatic N) is 3. The van der Waals surface area contributed by atoms with E-state index in [1.165, 1.54) is 6.07 Å². The highest BCUT2D eigenvalue weighted by molar-refractivity contribution is 5.88. The van der Waals surface area contributed by atoms with E-state index in [1.807, 2.05) is 11.0 Å². The topological polar surface area (TPSA) is 116 Å². The Balaban J connectivity index is 1.42. The molecule has 2 unspecified atom stereocenters. The average molecular weight is 402 g/mol. The second-order valence-electron chi connectivity index (χ2n) is 8.50. The SMILES string of the molecule is Cc1c(N2CCN(C(=O)C3NCC4(CC4)CC3C(=O)O)CC2)cccc1[N+](=O)[O-]. The van der Waals surface area contributed by atoms with E-state index in [-0.39, 0.29) is 21.9 Å². The van der Waals surface area contributed by atoms with Crippen LogP contribution in [0, 0.1) is 28.4 Å². The zero-order chi connectivity index (χ0) is 20.8. The van der Waals surface area contributed by atoms with Gasteiger partial charge < -0.3 is 20.2 Å². The summed E-state index contributed by atoms with van der Waals surface area (Å²) in [5.74, 6) is -1.74. The Bertz CT molecular complexity index is 845. The van der Waals surface area contributed by atoms with Crippen LogP contribution in [0.4, 0.5) is 11.4 Å². The van der Waals surface area contributed by atoms with Crippen molar-refractivity contribution in [3.63, 3.8) is 0 Å². The molecule has 3 fully saturated rings. The fourth-order valence-corrected chi connectivity index (χ4v) is 4.69. The zero-order valence-electron chi connectivity index (χ0n) is 16.5. The van der Waals surface area contributed by atoms with Crippen molar-refractivity contribution < 1.29 is 19.6 Å². The Morgan fingerprint density at radius 3 is 2.52 bits per heavy atom. The number of anilines is 1. The zero-order valence-corrected chi connectivity index (χ0v) is 16.5. The van der Waals surface area contributed by atoms with E-state index >= 15 is 0 Å². The normalized spacial score (nSPS) is 25.7. The number of piperidine rings is 1. The number of piperazine rings is 1. The molecule has 2 N–H and O–H groups in total. The molecule has 0 aromatic heterocycles. The molecule has 9 nitrogen and oxygen atoms in total. The van der Waals surface area contributed by atoms with Gasteiger partial charge in [-0.2, -0.15) is 0 Å². The monoisotopic (exact) mass is 402 g/mol. The Morgan fingerprint density at radius 1 is 1.24 bits per heavy atom. The number of carboxylic acid groups (broad SMARTS) is 1. The summed E-state index contributed by atoms with van der Waals surface area (Å²) in [5, 5.41) is 24.0. The molecule has 2 saturated heterocycles. The van der Waals surface area contributed by atoms with Crippen LogP contribution in [-0.2, 0) is 9.59 Å². The second kappa shape index (κ2) is 7.29. The van der Waals surface area contributed by atoms with Crippen LogP contribution in [0.3, 0.4) is 0 Å². The molecule has 1 amide bonds. The van der Waals surface area contributed by atoms with Gasteiger partial charge in [-0.15, -0.1) is 0 Å². The van der Waals surface area contributed by atoms with Gasteiger partial charge >= 0.3 is 5.97 Å². The maximum atomic E-state index is 13.0. The van der Waals surface area contributed by atoms with E-state index in [1.54, 1.807) is 17.9 Å². The number of hydrogen-bond acceptors (Lipinski definition) is 6. The first kappa shape index (κ1) is 19.6. The fourth-order valence-electron chi connectivity index (χ4n) is 4.69. The summed E-state index contributed by atoms with van der Waals surface area (Å²) in [5.41, 5.74) is 1.59. The van der Waals surface area contributed by atoms with Crippen LogP contribution < -0.4 is 10.2 Å². The number of carboxylic acids is 1. The molecule has 1 saturated carbocycles. The lowest BCUT2D eigenvalue weighted by atomic mass is 9.82. The third-order valence-corrected chi connectivity index (χ3v) is 6.70. The van der Waals surface area contributed by atoms with Gasteiger partial charge in [0.25, 0.3) is 5.69 Å². The highest BCUT2D eigenvalue weighted by Gasteiger charge is 2.52. The van der Waals surface area contributed by atoms with E-state index in [4.69, 9.17) is 0 Å². The average Bonchev–Trinajstić information content (AvgIpc) is 3.46. The predicted molar refractivity (Wildman–Crippen MR) is 106 cm³/mol. The quantitative estimate of drug-likeness (QED) is 0.577. The lowest BCUT2D eigenvalue weighted by Gasteiger charge is -2.41. The largest absolute Gasteiger partial charge is 0.481 e. The van der Waals surface area contributed by atoms with Crippen molar-refractivity contribution in [2.24, 2.45) is 11.3 Å². The molecule has 1 aliphatic carbocycles. The lowest BCUT2D eigenvalue weighted by Crippen LogP contribution is -2.60. The molecule has 156 valence electrons. The molecule has 1 aromatic carbocycles. The second-order valence-corrected chi connectivity index (χ2v) is 8.50. The van der Waals surface area contributed by atoms with Gasteiger partial charge in [0.1, 0.15) is 6.04 Å². The number of nitro benzene ring substituents is 1. The first-order valence-electron chi connectivity index (χ1n) is 10.1. The first-order valence-corrected chi connectivity index (χ1v) is 10.1. The maximum Gasteiger partial charge on any atom is 0.308 e. The summed E-state index contributed by atoms with van der Waals surface area (Å²) in [6.07, 6.45) is 2.64. The summed E-state index contributed by atoms with van der Waals surface area (Å²) in [4.78, 5) is 39.4. The van der Waals surface area contributed by atoms with Crippen molar-refractivity contribution in [1.82, 2.24) is 10.2 Å². The molecule has 29 heavy (non-hydrogen) atoms. The minimum atomic E-state index is -0.910. The van der Waals surface area contributed by atoms with Gasteiger partial charge in [-0.3, -0.25) is 19.7 Å². The molecule has 4 rings (SSSR count). The van der Waals surface area contributed by atoms with Gasteiger partial charge in [0.15, 0.2) is 0 Å². The molecule has 2 heterocycles. The van der Waals surface area contributed by atoms with Crippen molar-refractivity contribution in [2.75, 3.05) is 37.6 Å². The molecule has 1 spiro atoms. The minimum absolute atomic E-state index is 0.0814. The van der Waals surface area contributed by atoms with Crippen molar-refractivity contribution in [1.29, 1.82) is 0 Å². The number of aliphatic carboxylic acids is 1. The third-order valence-electron chi connectivity index (χ3n) is 6.70. The Kier molecular flexibility index (Phi) is 4.94. The molecule has 2 atom stereocenters. The van der Waals surface area contributed by atoms with Crippen molar-refractivity contribution in [3.8, 4) is 0 Å². The summed E-state index contributed by atoms with van der Waals surface area (Å²) >= 11 is 0. The predicted octanol–water partition coefficient (Wildman–Crippen LogP) is 1.39. The molecular weight excluding hydrogens is 376 g/mol. The van der Waals surface area contributed by atoms with Gasteiger partial charge in [0, 0.05) is 44.5 Å². The highest BCUT2D eigenvalue weighted by Crippen LogP contribution is 2.52. The Labute approximate surface area is 168 Å². The summed E-state index contributed by atoms with van der Waals surface area (Å²) in [6.45, 7) is 4.50. The van der Waals surface area contributed by atoms with Crippen molar-refractivity contribution >= 4 is 23.3 Å².